The second-order valence-electron chi connectivity index (χ2n) is 4.91. The summed E-state index contributed by atoms with van der Waals surface area (Å²) in [5, 5.41) is 0.725. The van der Waals surface area contributed by atoms with Crippen LogP contribution in [0.5, 0.6) is 0 Å². The Hall–Kier alpha value is -1.52. The van der Waals surface area contributed by atoms with Crippen molar-refractivity contribution in [3.05, 3.63) is 63.2 Å². The van der Waals surface area contributed by atoms with E-state index in [9.17, 15) is 4.39 Å². The molecule has 0 radical (unpaired) electrons. The quantitative estimate of drug-likeness (QED) is 0.545. The van der Waals surface area contributed by atoms with Crippen LogP contribution in [0.25, 0.3) is 21.8 Å². The third-order valence-corrected chi connectivity index (χ3v) is 4.80. The maximum absolute atomic E-state index is 14.1. The Labute approximate surface area is 135 Å². The summed E-state index contributed by atoms with van der Waals surface area (Å²) >= 11 is 4.95. The molecule has 2 aromatic carbocycles. The highest BCUT2D eigenvalue weighted by Gasteiger charge is 2.14. The van der Waals surface area contributed by atoms with E-state index in [4.69, 9.17) is 0 Å². The normalized spacial score (nSPS) is 10.9. The molecule has 1 heterocycles. The minimum atomic E-state index is -0.217. The van der Waals surface area contributed by atoms with E-state index in [1.54, 1.807) is 12.1 Å². The smallest absolute Gasteiger partial charge is 0.133 e. The second kappa shape index (κ2) is 5.70. The summed E-state index contributed by atoms with van der Waals surface area (Å²) in [7, 11) is 0. The van der Waals surface area contributed by atoms with Gasteiger partial charge in [0.1, 0.15) is 10.8 Å². The van der Waals surface area contributed by atoms with E-state index in [1.165, 1.54) is 11.3 Å². The van der Waals surface area contributed by atoms with E-state index in [0.29, 0.717) is 5.56 Å². The number of benzene rings is 2. The molecule has 0 N–H and O–H groups in total. The van der Waals surface area contributed by atoms with Crippen molar-refractivity contribution in [2.45, 2.75) is 13.8 Å². The standard InChI is InChI=1S/C17H13BrFNS/c1-10-3-8-14(15(19)9-10)17-20-16(11(2)21-17)12-4-6-13(18)7-5-12/h3-9H,1-2H3. The lowest BCUT2D eigenvalue weighted by Crippen LogP contribution is -1.85. The van der Waals surface area contributed by atoms with Crippen molar-refractivity contribution >= 4 is 27.3 Å². The fraction of sp³-hybridized carbons (Fsp3) is 0.118. The summed E-state index contributed by atoms with van der Waals surface area (Å²) in [5.41, 5.74) is 3.45. The highest BCUT2D eigenvalue weighted by Crippen LogP contribution is 2.34. The van der Waals surface area contributed by atoms with Gasteiger partial charge in [0.2, 0.25) is 0 Å². The summed E-state index contributed by atoms with van der Waals surface area (Å²) in [4.78, 5) is 5.72. The number of aryl methyl sites for hydroxylation is 2. The molecule has 0 saturated heterocycles. The lowest BCUT2D eigenvalue weighted by Gasteiger charge is -2.00. The average molecular weight is 362 g/mol. The first-order valence-corrected chi connectivity index (χ1v) is 8.15. The largest absolute Gasteiger partial charge is 0.236 e. The van der Waals surface area contributed by atoms with Crippen molar-refractivity contribution in [2.24, 2.45) is 0 Å². The van der Waals surface area contributed by atoms with Crippen molar-refractivity contribution in [1.29, 1.82) is 0 Å². The topological polar surface area (TPSA) is 12.9 Å². The molecule has 0 aliphatic rings. The molecule has 0 bridgehead atoms. The van der Waals surface area contributed by atoms with Crippen LogP contribution < -0.4 is 0 Å². The van der Waals surface area contributed by atoms with E-state index < -0.39 is 0 Å². The van der Waals surface area contributed by atoms with Gasteiger partial charge in [-0.25, -0.2) is 9.37 Å². The first-order chi connectivity index (χ1) is 10.0. The zero-order valence-electron chi connectivity index (χ0n) is 11.7. The van der Waals surface area contributed by atoms with Gasteiger partial charge in [-0.3, -0.25) is 0 Å². The predicted molar refractivity (Wildman–Crippen MR) is 90.1 cm³/mol. The number of nitrogens with zero attached hydrogens (tertiary/aromatic N) is 1. The highest BCUT2D eigenvalue weighted by molar-refractivity contribution is 9.10. The average Bonchev–Trinajstić information content (AvgIpc) is 2.81. The second-order valence-corrected chi connectivity index (χ2v) is 7.03. The Kier molecular flexibility index (Phi) is 3.91. The summed E-state index contributed by atoms with van der Waals surface area (Å²) in [6, 6.07) is 13.3. The number of hydrogen-bond donors (Lipinski definition) is 0. The molecule has 0 unspecified atom stereocenters. The summed E-state index contributed by atoms with van der Waals surface area (Å²) < 4.78 is 15.1. The lowest BCUT2D eigenvalue weighted by atomic mass is 10.1. The highest BCUT2D eigenvalue weighted by atomic mass is 79.9. The SMILES string of the molecule is Cc1ccc(-c2nc(-c3ccc(Br)cc3)c(C)s2)c(F)c1. The van der Waals surface area contributed by atoms with Crippen molar-refractivity contribution in [1.82, 2.24) is 4.98 Å². The van der Waals surface area contributed by atoms with Gasteiger partial charge in [-0.2, -0.15) is 0 Å². The Bertz CT molecular complexity index is 793. The third kappa shape index (κ3) is 2.92. The monoisotopic (exact) mass is 361 g/mol. The molecule has 1 nitrogen and oxygen atoms in total. The van der Waals surface area contributed by atoms with Crippen LogP contribution in [0.1, 0.15) is 10.4 Å². The van der Waals surface area contributed by atoms with Crippen molar-refractivity contribution in [3.8, 4) is 21.8 Å². The Morgan fingerprint density at radius 2 is 1.76 bits per heavy atom. The van der Waals surface area contributed by atoms with Crippen molar-refractivity contribution in [2.75, 3.05) is 0 Å². The van der Waals surface area contributed by atoms with Gasteiger partial charge in [0.05, 0.1) is 5.69 Å². The minimum absolute atomic E-state index is 0.217. The molecular formula is C17H13BrFNS. The predicted octanol–water partition coefficient (Wildman–Crippen LogP) is 6.00. The lowest BCUT2D eigenvalue weighted by molar-refractivity contribution is 0.630. The first kappa shape index (κ1) is 14.4. The van der Waals surface area contributed by atoms with Gasteiger partial charge >= 0.3 is 0 Å². The minimum Gasteiger partial charge on any atom is -0.236 e. The van der Waals surface area contributed by atoms with Crippen LogP contribution in [-0.2, 0) is 0 Å². The molecule has 0 atom stereocenters. The molecule has 1 aromatic heterocycles. The van der Waals surface area contributed by atoms with E-state index in [0.717, 1.165) is 31.2 Å². The van der Waals surface area contributed by atoms with E-state index >= 15 is 0 Å². The van der Waals surface area contributed by atoms with Gasteiger partial charge in [-0.1, -0.05) is 34.1 Å². The molecule has 4 heteroatoms. The fourth-order valence-corrected chi connectivity index (χ4v) is 3.41. The van der Waals surface area contributed by atoms with Gasteiger partial charge in [-0.15, -0.1) is 11.3 Å². The van der Waals surface area contributed by atoms with Crippen LogP contribution in [0.2, 0.25) is 0 Å². The summed E-state index contributed by atoms with van der Waals surface area (Å²) in [5.74, 6) is -0.217. The van der Waals surface area contributed by atoms with Crippen molar-refractivity contribution < 1.29 is 4.39 Å². The molecule has 106 valence electrons. The fourth-order valence-electron chi connectivity index (χ4n) is 2.18. The number of rotatable bonds is 2. The Morgan fingerprint density at radius 3 is 2.43 bits per heavy atom. The molecule has 0 saturated carbocycles. The van der Waals surface area contributed by atoms with Gasteiger partial charge in [0.15, 0.2) is 0 Å². The van der Waals surface area contributed by atoms with Gasteiger partial charge < -0.3 is 0 Å². The summed E-state index contributed by atoms with van der Waals surface area (Å²) in [6.45, 7) is 3.90. The Morgan fingerprint density at radius 1 is 1.05 bits per heavy atom. The van der Waals surface area contributed by atoms with Gasteiger partial charge in [0.25, 0.3) is 0 Å². The maximum Gasteiger partial charge on any atom is 0.133 e. The number of thiazole rings is 1. The van der Waals surface area contributed by atoms with Crippen molar-refractivity contribution in [3.63, 3.8) is 0 Å². The molecule has 0 aliphatic carbocycles. The van der Waals surface area contributed by atoms with Crippen LogP contribution >= 0.6 is 27.3 Å². The van der Waals surface area contributed by atoms with Gasteiger partial charge in [0, 0.05) is 20.5 Å². The molecule has 0 amide bonds. The number of aromatic nitrogens is 1. The van der Waals surface area contributed by atoms with E-state index in [-0.39, 0.29) is 5.82 Å². The van der Waals surface area contributed by atoms with Gasteiger partial charge in [-0.05, 0) is 43.7 Å². The first-order valence-electron chi connectivity index (χ1n) is 6.54. The molecule has 3 aromatic rings. The maximum atomic E-state index is 14.1. The number of halogens is 2. The third-order valence-electron chi connectivity index (χ3n) is 3.27. The van der Waals surface area contributed by atoms with Crippen LogP contribution in [0, 0.1) is 19.7 Å². The van der Waals surface area contributed by atoms with Crippen LogP contribution in [-0.4, -0.2) is 4.98 Å². The molecular weight excluding hydrogens is 349 g/mol. The van der Waals surface area contributed by atoms with Crippen LogP contribution in [0.15, 0.2) is 46.9 Å². The molecule has 21 heavy (non-hydrogen) atoms. The van der Waals surface area contributed by atoms with Crippen LogP contribution in [0.3, 0.4) is 0 Å². The molecule has 0 fully saturated rings. The Balaban J connectivity index is 2.07. The summed E-state index contributed by atoms with van der Waals surface area (Å²) in [6.07, 6.45) is 0. The molecule has 0 aliphatic heterocycles. The number of hydrogen-bond acceptors (Lipinski definition) is 2. The zero-order chi connectivity index (χ0) is 15.0. The van der Waals surface area contributed by atoms with E-state index in [2.05, 4.69) is 20.9 Å². The molecule has 0 spiro atoms. The van der Waals surface area contributed by atoms with Crippen LogP contribution in [0.4, 0.5) is 4.39 Å². The van der Waals surface area contributed by atoms with E-state index in [1.807, 2.05) is 44.2 Å². The molecule has 3 rings (SSSR count). The zero-order valence-corrected chi connectivity index (χ0v) is 14.1.